The highest BCUT2D eigenvalue weighted by Crippen LogP contribution is 2.23. The molecule has 0 heterocycles. The molecular weight excluding hydrogens is 271 g/mol. The molecule has 3 N–H and O–H groups in total. The van der Waals surface area contributed by atoms with Crippen LogP contribution in [0.15, 0.2) is 48.5 Å². The van der Waals surface area contributed by atoms with Gasteiger partial charge in [-0.3, -0.25) is 5.41 Å². The molecule has 0 saturated heterocycles. The Hall–Kier alpha value is -1.71. The van der Waals surface area contributed by atoms with E-state index in [1.165, 1.54) is 0 Å². The van der Waals surface area contributed by atoms with Crippen molar-refractivity contribution in [2.75, 3.05) is 0 Å². The zero-order valence-electron chi connectivity index (χ0n) is 9.39. The third-order valence-electron chi connectivity index (χ3n) is 2.21. The predicted molar refractivity (Wildman–Crippen MR) is 76.2 cm³/mol. The van der Waals surface area contributed by atoms with Crippen molar-refractivity contribution in [2.24, 2.45) is 5.73 Å². The van der Waals surface area contributed by atoms with Crippen molar-refractivity contribution < 1.29 is 4.74 Å². The minimum atomic E-state index is 0. The van der Waals surface area contributed by atoms with Crippen LogP contribution in [0.5, 0.6) is 11.5 Å². The molecule has 2 rings (SSSR count). The summed E-state index contributed by atoms with van der Waals surface area (Å²) < 4.78 is 5.60. The van der Waals surface area contributed by atoms with Gasteiger partial charge in [-0.25, -0.2) is 0 Å². The molecule has 0 saturated carbocycles. The van der Waals surface area contributed by atoms with Crippen molar-refractivity contribution in [3.8, 4) is 11.5 Å². The van der Waals surface area contributed by atoms with Crippen LogP contribution in [0.2, 0.25) is 5.02 Å². The van der Waals surface area contributed by atoms with Crippen molar-refractivity contribution in [1.29, 1.82) is 5.41 Å². The molecule has 94 valence electrons. The maximum absolute atomic E-state index is 7.27. The summed E-state index contributed by atoms with van der Waals surface area (Å²) in [6.45, 7) is 0. The molecule has 0 aliphatic heterocycles. The SMILES string of the molecule is Cl.N=C(N)c1ccc(Oc2ccc(Cl)cc2)cc1. The average molecular weight is 283 g/mol. The van der Waals surface area contributed by atoms with E-state index in [9.17, 15) is 0 Å². The number of ether oxygens (including phenoxy) is 1. The lowest BCUT2D eigenvalue weighted by Gasteiger charge is -2.06. The van der Waals surface area contributed by atoms with E-state index >= 15 is 0 Å². The van der Waals surface area contributed by atoms with E-state index in [0.717, 1.165) is 0 Å². The zero-order chi connectivity index (χ0) is 12.3. The van der Waals surface area contributed by atoms with Gasteiger partial charge in [0, 0.05) is 10.6 Å². The highest BCUT2D eigenvalue weighted by molar-refractivity contribution is 6.30. The van der Waals surface area contributed by atoms with Gasteiger partial charge in [0.15, 0.2) is 0 Å². The molecule has 0 bridgehead atoms. The first-order chi connectivity index (χ1) is 8.15. The number of amidine groups is 1. The molecule has 2 aromatic rings. The Balaban J connectivity index is 0.00000162. The summed E-state index contributed by atoms with van der Waals surface area (Å²) >= 11 is 5.78. The Morgan fingerprint density at radius 3 is 1.83 bits per heavy atom. The molecule has 5 heteroatoms. The molecule has 0 unspecified atom stereocenters. The summed E-state index contributed by atoms with van der Waals surface area (Å²) in [5.41, 5.74) is 6.04. The summed E-state index contributed by atoms with van der Waals surface area (Å²) in [4.78, 5) is 0. The highest BCUT2D eigenvalue weighted by Gasteiger charge is 1.99. The normalized spacial score (nSPS) is 9.39. The van der Waals surface area contributed by atoms with Crippen molar-refractivity contribution in [2.45, 2.75) is 0 Å². The first-order valence-electron chi connectivity index (χ1n) is 5.03. The summed E-state index contributed by atoms with van der Waals surface area (Å²) in [6, 6.07) is 14.1. The Bertz CT molecular complexity index is 524. The summed E-state index contributed by atoms with van der Waals surface area (Å²) in [7, 11) is 0. The van der Waals surface area contributed by atoms with Crippen molar-refractivity contribution in [1.82, 2.24) is 0 Å². The fraction of sp³-hybridized carbons (Fsp3) is 0. The molecule has 0 aliphatic rings. The van der Waals surface area contributed by atoms with Crippen LogP contribution in [0.3, 0.4) is 0 Å². The van der Waals surface area contributed by atoms with E-state index in [4.69, 9.17) is 27.5 Å². The first kappa shape index (κ1) is 14.4. The van der Waals surface area contributed by atoms with Gasteiger partial charge in [-0.1, -0.05) is 11.6 Å². The highest BCUT2D eigenvalue weighted by atomic mass is 35.5. The number of hydrogen-bond donors (Lipinski definition) is 2. The lowest BCUT2D eigenvalue weighted by atomic mass is 10.2. The van der Waals surface area contributed by atoms with Crippen LogP contribution in [-0.4, -0.2) is 5.84 Å². The number of rotatable bonds is 3. The van der Waals surface area contributed by atoms with Crippen LogP contribution < -0.4 is 10.5 Å². The van der Waals surface area contributed by atoms with Gasteiger partial charge in [0.25, 0.3) is 0 Å². The topological polar surface area (TPSA) is 59.1 Å². The minimum absolute atomic E-state index is 0. The standard InChI is InChI=1S/C13H11ClN2O.ClH/c14-10-3-7-12(8-4-10)17-11-5-1-9(2-6-11)13(15)16;/h1-8H,(H3,15,16);1H. The molecule has 2 aromatic carbocycles. The lowest BCUT2D eigenvalue weighted by molar-refractivity contribution is 0.482. The molecule has 0 atom stereocenters. The fourth-order valence-corrected chi connectivity index (χ4v) is 1.47. The van der Waals surface area contributed by atoms with E-state index in [1.807, 2.05) is 0 Å². The van der Waals surface area contributed by atoms with Gasteiger partial charge >= 0.3 is 0 Å². The van der Waals surface area contributed by atoms with Gasteiger partial charge < -0.3 is 10.5 Å². The smallest absolute Gasteiger partial charge is 0.127 e. The Labute approximate surface area is 116 Å². The molecule has 18 heavy (non-hydrogen) atoms. The summed E-state index contributed by atoms with van der Waals surface area (Å²) in [6.07, 6.45) is 0. The Kier molecular flexibility index (Phi) is 5.01. The van der Waals surface area contributed by atoms with Crippen LogP contribution in [-0.2, 0) is 0 Å². The van der Waals surface area contributed by atoms with Crippen LogP contribution in [0.1, 0.15) is 5.56 Å². The first-order valence-corrected chi connectivity index (χ1v) is 5.41. The molecular formula is C13H12Cl2N2O. The van der Waals surface area contributed by atoms with Gasteiger partial charge in [0.05, 0.1) is 0 Å². The van der Waals surface area contributed by atoms with Crippen LogP contribution in [0.4, 0.5) is 0 Å². The average Bonchev–Trinajstić information content (AvgIpc) is 2.33. The Morgan fingerprint density at radius 1 is 0.944 bits per heavy atom. The van der Waals surface area contributed by atoms with Crippen molar-refractivity contribution >= 4 is 29.8 Å². The molecule has 0 spiro atoms. The van der Waals surface area contributed by atoms with Gasteiger partial charge in [-0.2, -0.15) is 0 Å². The molecule has 0 amide bonds. The van der Waals surface area contributed by atoms with Crippen LogP contribution in [0.25, 0.3) is 0 Å². The Morgan fingerprint density at radius 2 is 1.39 bits per heavy atom. The zero-order valence-corrected chi connectivity index (χ0v) is 11.0. The largest absolute Gasteiger partial charge is 0.457 e. The number of nitrogens with two attached hydrogens (primary N) is 1. The third kappa shape index (κ3) is 3.65. The van der Waals surface area contributed by atoms with Gasteiger partial charge in [-0.15, -0.1) is 12.4 Å². The lowest BCUT2D eigenvalue weighted by Crippen LogP contribution is -2.10. The van der Waals surface area contributed by atoms with E-state index in [0.29, 0.717) is 22.1 Å². The second kappa shape index (κ2) is 6.28. The number of nitrogens with one attached hydrogen (secondary N) is 1. The van der Waals surface area contributed by atoms with Crippen molar-refractivity contribution in [3.63, 3.8) is 0 Å². The fourth-order valence-electron chi connectivity index (χ4n) is 1.34. The molecule has 3 nitrogen and oxygen atoms in total. The molecule has 0 aliphatic carbocycles. The summed E-state index contributed by atoms with van der Waals surface area (Å²) in [5.74, 6) is 1.45. The number of nitrogen functional groups attached to an aromatic ring is 1. The monoisotopic (exact) mass is 282 g/mol. The molecule has 0 radical (unpaired) electrons. The second-order valence-corrected chi connectivity index (χ2v) is 3.93. The maximum Gasteiger partial charge on any atom is 0.127 e. The van der Waals surface area contributed by atoms with Gasteiger partial charge in [0.1, 0.15) is 17.3 Å². The van der Waals surface area contributed by atoms with E-state index < -0.39 is 0 Å². The van der Waals surface area contributed by atoms with Gasteiger partial charge in [0.2, 0.25) is 0 Å². The van der Waals surface area contributed by atoms with Crippen LogP contribution >= 0.6 is 24.0 Å². The maximum atomic E-state index is 7.27. The van der Waals surface area contributed by atoms with Gasteiger partial charge in [-0.05, 0) is 48.5 Å². The number of benzene rings is 2. The van der Waals surface area contributed by atoms with Crippen LogP contribution in [0, 0.1) is 5.41 Å². The van der Waals surface area contributed by atoms with Crippen molar-refractivity contribution in [3.05, 3.63) is 59.1 Å². The molecule has 0 fully saturated rings. The quantitative estimate of drug-likeness (QED) is 0.664. The minimum Gasteiger partial charge on any atom is -0.457 e. The molecule has 0 aromatic heterocycles. The second-order valence-electron chi connectivity index (χ2n) is 3.49. The predicted octanol–water partition coefficient (Wildman–Crippen LogP) is 3.84. The number of halogens is 2. The summed E-state index contributed by atoms with van der Waals surface area (Å²) in [5, 5.41) is 7.94. The van der Waals surface area contributed by atoms with E-state index in [2.05, 4.69) is 0 Å². The van der Waals surface area contributed by atoms with E-state index in [-0.39, 0.29) is 18.2 Å². The van der Waals surface area contributed by atoms with E-state index in [1.54, 1.807) is 48.5 Å². The number of hydrogen-bond acceptors (Lipinski definition) is 2. The third-order valence-corrected chi connectivity index (χ3v) is 2.47.